The van der Waals surface area contributed by atoms with Gasteiger partial charge in [0.1, 0.15) is 0 Å². The molecule has 1 saturated heterocycles. The number of hydrogen-bond donors (Lipinski definition) is 1. The first-order valence-electron chi connectivity index (χ1n) is 8.00. The molecule has 3 rings (SSSR count). The number of carbonyl (C=O) groups excluding carboxylic acids is 1. The Morgan fingerprint density at radius 2 is 2.26 bits per heavy atom. The number of nitrogens with two attached hydrogens (primary N) is 1. The van der Waals surface area contributed by atoms with Crippen LogP contribution in [0.2, 0.25) is 0 Å². The van der Waals surface area contributed by atoms with E-state index in [0.717, 1.165) is 38.2 Å². The highest BCUT2D eigenvalue weighted by Gasteiger charge is 2.30. The molecule has 0 aliphatic carbocycles. The monoisotopic (exact) mass is 334 g/mol. The molecule has 3 heterocycles. The fourth-order valence-electron chi connectivity index (χ4n) is 3.21. The third-order valence-electron chi connectivity index (χ3n) is 4.50. The summed E-state index contributed by atoms with van der Waals surface area (Å²) in [6, 6.07) is 4.31. The summed E-state index contributed by atoms with van der Waals surface area (Å²) in [4.78, 5) is 14.9. The first-order chi connectivity index (χ1) is 11.2. The molecule has 2 aromatic heterocycles. The third kappa shape index (κ3) is 3.59. The molecule has 7 nitrogen and oxygen atoms in total. The van der Waals surface area contributed by atoms with Gasteiger partial charge in [0.05, 0.1) is 12.6 Å². The lowest BCUT2D eigenvalue weighted by Crippen LogP contribution is -2.41. The molecule has 1 atom stereocenters. The summed E-state index contributed by atoms with van der Waals surface area (Å²) < 4.78 is 1.89. The first-order valence-corrected chi connectivity index (χ1v) is 8.88. The molecule has 0 spiro atoms. The number of carbonyl (C=O) groups is 1. The van der Waals surface area contributed by atoms with Crippen molar-refractivity contribution in [1.29, 1.82) is 0 Å². The standard InChI is InChI=1S/C15H22N6OS/c1-2-13(20-7-5-11(6-8-20)14(16)22)15-17-18-19-21(15)10-12-4-3-9-23-12/h3-4,9,11,13H,2,5-8,10H2,1H3,(H2,16,22). The lowest BCUT2D eigenvalue weighted by molar-refractivity contribution is -0.123. The number of hydrogen-bond acceptors (Lipinski definition) is 6. The molecule has 8 heteroatoms. The van der Waals surface area contributed by atoms with Crippen molar-refractivity contribution >= 4 is 17.2 Å². The number of piperidine rings is 1. The van der Waals surface area contributed by atoms with E-state index in [1.807, 2.05) is 10.7 Å². The number of nitrogens with zero attached hydrogens (tertiary/aromatic N) is 5. The van der Waals surface area contributed by atoms with Crippen LogP contribution in [0.3, 0.4) is 0 Å². The number of primary amides is 1. The van der Waals surface area contributed by atoms with E-state index in [1.54, 1.807) is 11.3 Å². The summed E-state index contributed by atoms with van der Waals surface area (Å²) in [6.45, 7) is 4.57. The molecule has 1 fully saturated rings. The van der Waals surface area contributed by atoms with Crippen LogP contribution < -0.4 is 5.73 Å². The van der Waals surface area contributed by atoms with Crippen molar-refractivity contribution in [2.24, 2.45) is 11.7 Å². The molecule has 2 N–H and O–H groups in total. The second-order valence-electron chi connectivity index (χ2n) is 5.91. The van der Waals surface area contributed by atoms with Crippen LogP contribution in [0.4, 0.5) is 0 Å². The number of aromatic nitrogens is 4. The molecular weight excluding hydrogens is 312 g/mol. The maximum absolute atomic E-state index is 11.3. The minimum Gasteiger partial charge on any atom is -0.369 e. The molecule has 23 heavy (non-hydrogen) atoms. The predicted octanol–water partition coefficient (Wildman–Crippen LogP) is 1.43. The smallest absolute Gasteiger partial charge is 0.220 e. The Balaban J connectivity index is 1.72. The van der Waals surface area contributed by atoms with Gasteiger partial charge in [-0.05, 0) is 54.2 Å². The Labute approximate surface area is 139 Å². The van der Waals surface area contributed by atoms with Gasteiger partial charge in [-0.15, -0.1) is 16.4 Å². The third-order valence-corrected chi connectivity index (χ3v) is 5.36. The predicted molar refractivity (Wildman–Crippen MR) is 87.8 cm³/mol. The van der Waals surface area contributed by atoms with Crippen LogP contribution in [0.15, 0.2) is 17.5 Å². The topological polar surface area (TPSA) is 89.9 Å². The van der Waals surface area contributed by atoms with E-state index >= 15 is 0 Å². The van der Waals surface area contributed by atoms with E-state index in [-0.39, 0.29) is 17.9 Å². The van der Waals surface area contributed by atoms with Crippen LogP contribution in [0, 0.1) is 5.92 Å². The van der Waals surface area contributed by atoms with Crippen LogP contribution in [-0.2, 0) is 11.3 Å². The average molecular weight is 334 g/mol. The molecule has 124 valence electrons. The quantitative estimate of drug-likeness (QED) is 0.863. The molecule has 0 bridgehead atoms. The van der Waals surface area contributed by atoms with Gasteiger partial charge in [0.2, 0.25) is 5.91 Å². The Bertz CT molecular complexity index is 632. The van der Waals surface area contributed by atoms with Gasteiger partial charge in [-0.2, -0.15) is 0 Å². The van der Waals surface area contributed by atoms with Crippen molar-refractivity contribution in [3.8, 4) is 0 Å². The van der Waals surface area contributed by atoms with Crippen molar-refractivity contribution in [3.63, 3.8) is 0 Å². The van der Waals surface area contributed by atoms with E-state index in [9.17, 15) is 4.79 Å². The normalized spacial score (nSPS) is 18.1. The second kappa shape index (κ2) is 7.18. The minimum atomic E-state index is -0.180. The molecule has 2 aromatic rings. The van der Waals surface area contributed by atoms with Crippen LogP contribution >= 0.6 is 11.3 Å². The van der Waals surface area contributed by atoms with Crippen LogP contribution in [0.5, 0.6) is 0 Å². The van der Waals surface area contributed by atoms with Crippen molar-refractivity contribution in [1.82, 2.24) is 25.1 Å². The Kier molecular flexibility index (Phi) is 5.02. The van der Waals surface area contributed by atoms with E-state index in [0.29, 0.717) is 6.54 Å². The Morgan fingerprint density at radius 1 is 1.48 bits per heavy atom. The van der Waals surface area contributed by atoms with E-state index < -0.39 is 0 Å². The molecule has 0 aromatic carbocycles. The van der Waals surface area contributed by atoms with Crippen molar-refractivity contribution in [3.05, 3.63) is 28.2 Å². The molecule has 0 radical (unpaired) electrons. The van der Waals surface area contributed by atoms with E-state index in [1.165, 1.54) is 4.88 Å². The largest absolute Gasteiger partial charge is 0.369 e. The first kappa shape index (κ1) is 16.1. The summed E-state index contributed by atoms with van der Waals surface area (Å²) in [7, 11) is 0. The maximum Gasteiger partial charge on any atom is 0.220 e. The molecule has 1 unspecified atom stereocenters. The number of tetrazole rings is 1. The number of thiophene rings is 1. The van der Waals surface area contributed by atoms with Gasteiger partial charge in [-0.1, -0.05) is 13.0 Å². The average Bonchev–Trinajstić information content (AvgIpc) is 3.22. The summed E-state index contributed by atoms with van der Waals surface area (Å²) in [6.07, 6.45) is 2.57. The van der Waals surface area contributed by atoms with Gasteiger partial charge >= 0.3 is 0 Å². The lowest BCUT2D eigenvalue weighted by atomic mass is 9.94. The van der Waals surface area contributed by atoms with Crippen molar-refractivity contribution in [2.45, 2.75) is 38.8 Å². The van der Waals surface area contributed by atoms with Crippen molar-refractivity contribution in [2.75, 3.05) is 13.1 Å². The molecular formula is C15H22N6OS. The lowest BCUT2D eigenvalue weighted by Gasteiger charge is -2.35. The molecule has 1 amide bonds. The fourth-order valence-corrected chi connectivity index (χ4v) is 3.90. The molecule has 1 aliphatic heterocycles. The Hall–Kier alpha value is -1.80. The van der Waals surface area contributed by atoms with Gasteiger partial charge in [-0.3, -0.25) is 9.69 Å². The zero-order valence-corrected chi connectivity index (χ0v) is 14.1. The Morgan fingerprint density at radius 3 is 2.87 bits per heavy atom. The maximum atomic E-state index is 11.3. The van der Waals surface area contributed by atoms with E-state index in [2.05, 4.69) is 38.8 Å². The van der Waals surface area contributed by atoms with Gasteiger partial charge < -0.3 is 5.73 Å². The van der Waals surface area contributed by atoms with E-state index in [4.69, 9.17) is 5.73 Å². The van der Waals surface area contributed by atoms with Crippen LogP contribution in [0.25, 0.3) is 0 Å². The zero-order valence-electron chi connectivity index (χ0n) is 13.3. The van der Waals surface area contributed by atoms with Gasteiger partial charge in [0, 0.05) is 10.8 Å². The van der Waals surface area contributed by atoms with Crippen molar-refractivity contribution < 1.29 is 4.79 Å². The summed E-state index contributed by atoms with van der Waals surface area (Å²) in [5, 5.41) is 14.4. The zero-order chi connectivity index (χ0) is 16.2. The minimum absolute atomic E-state index is 0.00543. The fraction of sp³-hybridized carbons (Fsp3) is 0.600. The number of likely N-dealkylation sites (tertiary alicyclic amines) is 1. The second-order valence-corrected chi connectivity index (χ2v) is 6.94. The summed E-state index contributed by atoms with van der Waals surface area (Å²) >= 11 is 1.71. The van der Waals surface area contributed by atoms with Gasteiger partial charge in [0.25, 0.3) is 0 Å². The highest BCUT2D eigenvalue weighted by Crippen LogP contribution is 2.28. The highest BCUT2D eigenvalue weighted by molar-refractivity contribution is 7.09. The summed E-state index contributed by atoms with van der Waals surface area (Å²) in [5.74, 6) is 0.726. The SMILES string of the molecule is CCC(c1nnnn1Cc1cccs1)N1CCC(C(N)=O)CC1. The highest BCUT2D eigenvalue weighted by atomic mass is 32.1. The number of rotatable bonds is 6. The van der Waals surface area contributed by atoms with Gasteiger partial charge in [0.15, 0.2) is 5.82 Å². The van der Waals surface area contributed by atoms with Crippen LogP contribution in [0.1, 0.15) is 42.9 Å². The number of amides is 1. The van der Waals surface area contributed by atoms with Gasteiger partial charge in [-0.25, -0.2) is 4.68 Å². The van der Waals surface area contributed by atoms with Crippen LogP contribution in [-0.4, -0.2) is 44.1 Å². The molecule has 1 aliphatic rings. The summed E-state index contributed by atoms with van der Waals surface area (Å²) in [5.41, 5.74) is 5.42. The molecule has 0 saturated carbocycles.